The molecular formula is C61H109NO13. The minimum absolute atomic E-state index is 0.245. The Morgan fingerprint density at radius 2 is 0.920 bits per heavy atom. The molecule has 12 atom stereocenters. The molecule has 2 aliphatic rings. The third-order valence-electron chi connectivity index (χ3n) is 14.5. The molecule has 9 N–H and O–H groups in total. The third-order valence-corrected chi connectivity index (χ3v) is 14.5. The van der Waals surface area contributed by atoms with E-state index < -0.39 is 86.8 Å². The minimum atomic E-state index is -1.79. The number of carbonyl (C=O) groups excluding carboxylic acids is 1. The highest BCUT2D eigenvalue weighted by atomic mass is 16.7. The van der Waals surface area contributed by atoms with Crippen LogP contribution in [-0.2, 0) is 23.7 Å². The van der Waals surface area contributed by atoms with Gasteiger partial charge in [-0.3, -0.25) is 4.79 Å². The second-order valence-corrected chi connectivity index (χ2v) is 21.1. The minimum Gasteiger partial charge on any atom is -0.394 e. The smallest absolute Gasteiger partial charge is 0.220 e. The molecule has 0 aromatic heterocycles. The molecule has 1 amide bonds. The molecule has 75 heavy (non-hydrogen) atoms. The second-order valence-electron chi connectivity index (χ2n) is 21.1. The summed E-state index contributed by atoms with van der Waals surface area (Å²) in [7, 11) is 0. The first-order valence-electron chi connectivity index (χ1n) is 30.0. The summed E-state index contributed by atoms with van der Waals surface area (Å²) in [5.41, 5.74) is 0. The Balaban J connectivity index is 1.76. The van der Waals surface area contributed by atoms with Crippen molar-refractivity contribution in [1.29, 1.82) is 0 Å². The van der Waals surface area contributed by atoms with E-state index >= 15 is 0 Å². The van der Waals surface area contributed by atoms with Crippen molar-refractivity contribution in [2.45, 2.75) is 299 Å². The van der Waals surface area contributed by atoms with Gasteiger partial charge in [0.05, 0.1) is 32.0 Å². The van der Waals surface area contributed by atoms with E-state index in [1.165, 1.54) is 128 Å². The molecule has 0 aliphatic carbocycles. The number of allylic oxidation sites excluding steroid dienone is 9. The third kappa shape index (κ3) is 32.4. The molecular weight excluding hydrogens is 955 g/mol. The average Bonchev–Trinajstić information content (AvgIpc) is 3.41. The van der Waals surface area contributed by atoms with Gasteiger partial charge in [-0.1, -0.05) is 222 Å². The van der Waals surface area contributed by atoms with Crippen molar-refractivity contribution in [3.05, 3.63) is 60.8 Å². The maximum Gasteiger partial charge on any atom is 0.220 e. The van der Waals surface area contributed by atoms with E-state index in [4.69, 9.17) is 18.9 Å². The zero-order valence-corrected chi connectivity index (χ0v) is 46.8. The number of amides is 1. The number of hydrogen-bond acceptors (Lipinski definition) is 13. The van der Waals surface area contributed by atoms with Gasteiger partial charge in [0.2, 0.25) is 5.91 Å². The maximum atomic E-state index is 13.3. The van der Waals surface area contributed by atoms with Gasteiger partial charge in [0.1, 0.15) is 48.8 Å². The standard InChI is InChI=1S/C61H109NO13/c1-3-5-7-9-11-13-15-17-19-21-23-24-25-26-27-29-31-33-35-37-39-41-43-45-53(66)62-49(50(65)44-42-40-38-36-34-32-30-28-22-20-18-16-14-12-10-8-6-4-2)48-72-60-58(71)56(69)59(52(47-64)74-60)75-61-57(70)55(68)54(67)51(46-63)73-61/h5,7,11,13,17,19,23-24,42,44,49-52,54-61,63-65,67-71H,3-4,6,8-10,12,14-16,18,20-22,25-41,43,45-48H2,1-2H3,(H,62,66)/b7-5-,13-11-,19-17-,24-23-,44-42+. The normalized spacial score (nSPS) is 25.5. The Bertz CT molecular complexity index is 1490. The summed E-state index contributed by atoms with van der Waals surface area (Å²) >= 11 is 0. The van der Waals surface area contributed by atoms with E-state index in [9.17, 15) is 45.6 Å². The molecule has 436 valence electrons. The lowest BCUT2D eigenvalue weighted by Gasteiger charge is -2.46. The van der Waals surface area contributed by atoms with E-state index in [0.717, 1.165) is 70.6 Å². The van der Waals surface area contributed by atoms with Gasteiger partial charge < -0.3 is 65.1 Å². The molecule has 0 spiro atoms. The van der Waals surface area contributed by atoms with Crippen molar-refractivity contribution >= 4 is 5.91 Å². The molecule has 2 heterocycles. The fraction of sp³-hybridized carbons (Fsp3) is 0.820. The van der Waals surface area contributed by atoms with Crippen molar-refractivity contribution in [2.24, 2.45) is 0 Å². The van der Waals surface area contributed by atoms with E-state index in [1.807, 2.05) is 6.08 Å². The first-order valence-corrected chi connectivity index (χ1v) is 30.0. The summed E-state index contributed by atoms with van der Waals surface area (Å²) in [6.45, 7) is 2.69. The van der Waals surface area contributed by atoms with Gasteiger partial charge in [-0.2, -0.15) is 0 Å². The molecule has 0 bridgehead atoms. The topological polar surface area (TPSA) is 228 Å². The number of nitrogens with one attached hydrogen (secondary N) is 1. The molecule has 2 saturated heterocycles. The van der Waals surface area contributed by atoms with Crippen molar-refractivity contribution < 1.29 is 64.6 Å². The van der Waals surface area contributed by atoms with Crippen LogP contribution >= 0.6 is 0 Å². The largest absolute Gasteiger partial charge is 0.394 e. The van der Waals surface area contributed by atoms with Crippen LogP contribution in [0.1, 0.15) is 226 Å². The monoisotopic (exact) mass is 1060 g/mol. The summed E-state index contributed by atoms with van der Waals surface area (Å²) in [5, 5.41) is 87.1. The van der Waals surface area contributed by atoms with Gasteiger partial charge in [0.25, 0.3) is 0 Å². The van der Waals surface area contributed by atoms with Crippen molar-refractivity contribution in [2.75, 3.05) is 19.8 Å². The Labute approximate surface area is 454 Å². The van der Waals surface area contributed by atoms with Gasteiger partial charge in [-0.15, -0.1) is 0 Å². The van der Waals surface area contributed by atoms with E-state index in [1.54, 1.807) is 6.08 Å². The highest BCUT2D eigenvalue weighted by Gasteiger charge is 2.51. The highest BCUT2D eigenvalue weighted by Crippen LogP contribution is 2.30. The summed E-state index contributed by atoms with van der Waals surface area (Å²) in [5.74, 6) is -0.245. The molecule has 2 rings (SSSR count). The molecule has 14 heteroatoms. The number of rotatable bonds is 47. The lowest BCUT2D eigenvalue weighted by Crippen LogP contribution is -2.65. The van der Waals surface area contributed by atoms with Crippen LogP contribution in [0.3, 0.4) is 0 Å². The lowest BCUT2D eigenvalue weighted by atomic mass is 9.97. The zero-order chi connectivity index (χ0) is 54.6. The lowest BCUT2D eigenvalue weighted by molar-refractivity contribution is -0.359. The Hall–Kier alpha value is -2.31. The van der Waals surface area contributed by atoms with E-state index in [2.05, 4.69) is 67.8 Å². The molecule has 2 fully saturated rings. The molecule has 0 radical (unpaired) electrons. The Morgan fingerprint density at radius 1 is 0.493 bits per heavy atom. The number of carbonyl (C=O) groups is 1. The number of ether oxygens (including phenoxy) is 4. The number of aliphatic hydroxyl groups excluding tert-OH is 8. The summed E-state index contributed by atoms with van der Waals surface area (Å²) in [4.78, 5) is 13.3. The Kier molecular flexibility index (Phi) is 42.7. The number of aliphatic hydroxyl groups is 8. The fourth-order valence-electron chi connectivity index (χ4n) is 9.64. The number of unbranched alkanes of at least 4 members (excludes halogenated alkanes) is 26. The quantitative estimate of drug-likeness (QED) is 0.0204. The van der Waals surface area contributed by atoms with Gasteiger partial charge in [0, 0.05) is 6.42 Å². The van der Waals surface area contributed by atoms with Crippen molar-refractivity contribution in [3.8, 4) is 0 Å². The second kappa shape index (κ2) is 46.6. The van der Waals surface area contributed by atoms with E-state index in [0.29, 0.717) is 6.42 Å². The highest BCUT2D eigenvalue weighted by molar-refractivity contribution is 5.76. The zero-order valence-electron chi connectivity index (χ0n) is 46.8. The molecule has 2 aliphatic heterocycles. The molecule has 0 saturated carbocycles. The predicted molar refractivity (Wildman–Crippen MR) is 300 cm³/mol. The van der Waals surface area contributed by atoms with Crippen molar-refractivity contribution in [3.63, 3.8) is 0 Å². The first kappa shape index (κ1) is 68.8. The van der Waals surface area contributed by atoms with Gasteiger partial charge in [-0.05, 0) is 57.8 Å². The SMILES string of the molecule is CC/C=C\C/C=C\C/C=C\C/C=C\CCCCCCCCCCCCC(=O)NC(COC1OC(CO)C(OC2OC(CO)C(O)C(O)C2O)C(O)C1O)C(O)/C=C/CCCCCCCCCCCCCCCCCC. The van der Waals surface area contributed by atoms with Crippen LogP contribution in [-0.4, -0.2) is 140 Å². The van der Waals surface area contributed by atoms with Crippen LogP contribution in [0.15, 0.2) is 60.8 Å². The van der Waals surface area contributed by atoms with E-state index in [-0.39, 0.29) is 18.9 Å². The van der Waals surface area contributed by atoms with Crippen LogP contribution in [0.2, 0.25) is 0 Å². The van der Waals surface area contributed by atoms with Crippen LogP contribution in [0.5, 0.6) is 0 Å². The summed E-state index contributed by atoms with van der Waals surface area (Å²) in [6.07, 6.45) is 42.5. The fourth-order valence-corrected chi connectivity index (χ4v) is 9.64. The molecule has 12 unspecified atom stereocenters. The Morgan fingerprint density at radius 3 is 1.41 bits per heavy atom. The summed E-state index contributed by atoms with van der Waals surface area (Å²) < 4.78 is 22.8. The van der Waals surface area contributed by atoms with Crippen LogP contribution < -0.4 is 5.32 Å². The molecule has 14 nitrogen and oxygen atoms in total. The van der Waals surface area contributed by atoms with Crippen LogP contribution in [0.4, 0.5) is 0 Å². The first-order chi connectivity index (χ1) is 36.6. The number of hydrogen-bond donors (Lipinski definition) is 9. The van der Waals surface area contributed by atoms with Crippen LogP contribution in [0.25, 0.3) is 0 Å². The van der Waals surface area contributed by atoms with Gasteiger partial charge in [-0.25, -0.2) is 0 Å². The van der Waals surface area contributed by atoms with Crippen LogP contribution in [0, 0.1) is 0 Å². The molecule has 0 aromatic carbocycles. The molecule has 0 aromatic rings. The van der Waals surface area contributed by atoms with Crippen molar-refractivity contribution in [1.82, 2.24) is 5.32 Å². The maximum absolute atomic E-state index is 13.3. The predicted octanol–water partition coefficient (Wildman–Crippen LogP) is 10.2. The van der Waals surface area contributed by atoms with Gasteiger partial charge >= 0.3 is 0 Å². The average molecular weight is 1060 g/mol. The summed E-state index contributed by atoms with van der Waals surface area (Å²) in [6, 6.07) is -0.919. The van der Waals surface area contributed by atoms with Gasteiger partial charge in [0.15, 0.2) is 12.6 Å².